The van der Waals surface area contributed by atoms with Crippen molar-refractivity contribution in [2.24, 2.45) is 5.92 Å². The molecule has 1 atom stereocenters. The summed E-state index contributed by atoms with van der Waals surface area (Å²) in [6.45, 7) is 10.0. The summed E-state index contributed by atoms with van der Waals surface area (Å²) in [5.74, 6) is 1.46. The highest BCUT2D eigenvalue weighted by molar-refractivity contribution is 5.86. The molecule has 3 aromatic rings. The fourth-order valence-corrected chi connectivity index (χ4v) is 2.91. The lowest BCUT2D eigenvalue weighted by Gasteiger charge is -2.20. The first-order chi connectivity index (χ1) is 13.3. The number of aromatic hydroxyl groups is 1. The maximum atomic E-state index is 9.77. The quantitative estimate of drug-likeness (QED) is 0.461. The molecular weight excluding hydrogens is 356 g/mol. The topological polar surface area (TPSA) is 108 Å². The lowest BCUT2D eigenvalue weighted by atomic mass is 10.1. The molecule has 4 N–H and O–H groups in total. The van der Waals surface area contributed by atoms with Crippen molar-refractivity contribution in [2.45, 2.75) is 46.7 Å². The summed E-state index contributed by atoms with van der Waals surface area (Å²) in [7, 11) is 0. The number of aryl methyl sites for hydroxylation is 1. The third-order valence-electron chi connectivity index (χ3n) is 4.75. The molecule has 0 bridgehead atoms. The van der Waals surface area contributed by atoms with Crippen LogP contribution in [0.25, 0.3) is 11.2 Å². The molecule has 0 aliphatic rings. The molecule has 0 saturated heterocycles. The van der Waals surface area contributed by atoms with E-state index in [9.17, 15) is 10.2 Å². The molecule has 0 aliphatic carbocycles. The second-order valence-electron chi connectivity index (χ2n) is 7.62. The van der Waals surface area contributed by atoms with Crippen LogP contribution in [0.15, 0.2) is 24.5 Å². The van der Waals surface area contributed by atoms with E-state index in [-0.39, 0.29) is 30.4 Å². The molecule has 28 heavy (non-hydrogen) atoms. The smallest absolute Gasteiger partial charge is 0.227 e. The third-order valence-corrected chi connectivity index (χ3v) is 4.75. The van der Waals surface area contributed by atoms with Crippen molar-refractivity contribution in [3.63, 3.8) is 0 Å². The van der Waals surface area contributed by atoms with E-state index < -0.39 is 0 Å². The Balaban J connectivity index is 2.07. The standard InChI is InChI=1S/C20H28N6O2/c1-11(2)15(9-27)23-20-24-18(22-14-6-7-16(28)13(5)8-14)17-19(25-20)26(10-21-17)12(3)4/h6-8,10-12,15,27-28H,9H2,1-5H3,(H2,22,23,24,25)/t15-/m0/s1. The predicted octanol–water partition coefficient (Wildman–Crippen LogP) is 3.59. The van der Waals surface area contributed by atoms with E-state index in [0.29, 0.717) is 22.9 Å². The summed E-state index contributed by atoms with van der Waals surface area (Å²) in [4.78, 5) is 13.8. The number of fused-ring (bicyclic) bond motifs is 1. The Morgan fingerprint density at radius 3 is 2.50 bits per heavy atom. The Hall–Kier alpha value is -2.87. The third kappa shape index (κ3) is 4.01. The Morgan fingerprint density at radius 1 is 1.14 bits per heavy atom. The molecule has 8 heteroatoms. The summed E-state index contributed by atoms with van der Waals surface area (Å²) < 4.78 is 1.98. The number of phenolic OH excluding ortho intramolecular Hbond substituents is 1. The number of hydrogen-bond acceptors (Lipinski definition) is 7. The number of aromatic nitrogens is 4. The fraction of sp³-hybridized carbons (Fsp3) is 0.450. The van der Waals surface area contributed by atoms with Crippen molar-refractivity contribution in [2.75, 3.05) is 17.2 Å². The molecule has 3 rings (SSSR count). The van der Waals surface area contributed by atoms with Gasteiger partial charge >= 0.3 is 0 Å². The van der Waals surface area contributed by atoms with Crippen LogP contribution in [0.5, 0.6) is 5.75 Å². The molecule has 0 spiro atoms. The van der Waals surface area contributed by atoms with Crippen molar-refractivity contribution >= 4 is 28.6 Å². The number of nitrogens with one attached hydrogen (secondary N) is 2. The van der Waals surface area contributed by atoms with Crippen molar-refractivity contribution in [3.8, 4) is 5.75 Å². The molecule has 0 aliphatic heterocycles. The predicted molar refractivity (Wildman–Crippen MR) is 111 cm³/mol. The number of phenols is 1. The van der Waals surface area contributed by atoms with Gasteiger partial charge in [0.1, 0.15) is 5.75 Å². The van der Waals surface area contributed by atoms with Gasteiger partial charge < -0.3 is 25.4 Å². The molecule has 0 unspecified atom stereocenters. The van der Waals surface area contributed by atoms with Gasteiger partial charge in [-0.15, -0.1) is 0 Å². The summed E-state index contributed by atoms with van der Waals surface area (Å²) in [5.41, 5.74) is 2.94. The van der Waals surface area contributed by atoms with Gasteiger partial charge in [0.25, 0.3) is 0 Å². The summed E-state index contributed by atoms with van der Waals surface area (Å²) >= 11 is 0. The van der Waals surface area contributed by atoms with E-state index in [4.69, 9.17) is 0 Å². The normalized spacial score (nSPS) is 12.7. The van der Waals surface area contributed by atoms with E-state index >= 15 is 0 Å². The second kappa shape index (κ2) is 8.02. The Kier molecular flexibility index (Phi) is 5.69. The average molecular weight is 384 g/mol. The highest BCUT2D eigenvalue weighted by Crippen LogP contribution is 2.28. The number of rotatable bonds is 7. The largest absolute Gasteiger partial charge is 0.508 e. The molecule has 2 aromatic heterocycles. The van der Waals surface area contributed by atoms with Crippen LogP contribution in [-0.4, -0.2) is 42.4 Å². The summed E-state index contributed by atoms with van der Waals surface area (Å²) in [6, 6.07) is 5.31. The van der Waals surface area contributed by atoms with E-state index in [2.05, 4.69) is 39.4 Å². The summed E-state index contributed by atoms with van der Waals surface area (Å²) in [5, 5.41) is 25.9. The van der Waals surface area contributed by atoms with Gasteiger partial charge in [-0.25, -0.2) is 4.98 Å². The minimum absolute atomic E-state index is 0.0115. The number of hydrogen-bond donors (Lipinski definition) is 4. The lowest BCUT2D eigenvalue weighted by molar-refractivity contribution is 0.248. The van der Waals surface area contributed by atoms with E-state index in [1.165, 1.54) is 0 Å². The highest BCUT2D eigenvalue weighted by Gasteiger charge is 2.18. The molecule has 0 saturated carbocycles. The minimum Gasteiger partial charge on any atom is -0.508 e. The molecule has 0 radical (unpaired) electrons. The Morgan fingerprint density at radius 2 is 1.89 bits per heavy atom. The monoisotopic (exact) mass is 384 g/mol. The molecule has 8 nitrogen and oxygen atoms in total. The first-order valence-electron chi connectivity index (χ1n) is 9.48. The van der Waals surface area contributed by atoms with E-state index in [1.54, 1.807) is 18.5 Å². The van der Waals surface area contributed by atoms with Gasteiger partial charge in [-0.1, -0.05) is 13.8 Å². The first-order valence-corrected chi connectivity index (χ1v) is 9.48. The zero-order valence-electron chi connectivity index (χ0n) is 16.9. The van der Waals surface area contributed by atoms with Gasteiger partial charge in [-0.2, -0.15) is 9.97 Å². The number of aliphatic hydroxyl groups is 1. The van der Waals surface area contributed by atoms with Crippen LogP contribution in [0.3, 0.4) is 0 Å². The van der Waals surface area contributed by atoms with Crippen molar-refractivity contribution in [3.05, 3.63) is 30.1 Å². The highest BCUT2D eigenvalue weighted by atomic mass is 16.3. The van der Waals surface area contributed by atoms with Crippen LogP contribution in [0.4, 0.5) is 17.5 Å². The first kappa shape index (κ1) is 19.9. The average Bonchev–Trinajstić information content (AvgIpc) is 3.07. The van der Waals surface area contributed by atoms with Crippen molar-refractivity contribution in [1.82, 2.24) is 19.5 Å². The van der Waals surface area contributed by atoms with Crippen LogP contribution in [0, 0.1) is 12.8 Å². The second-order valence-corrected chi connectivity index (χ2v) is 7.62. The number of imidazole rings is 1. The fourth-order valence-electron chi connectivity index (χ4n) is 2.91. The molecule has 0 amide bonds. The van der Waals surface area contributed by atoms with Gasteiger partial charge in [0, 0.05) is 11.7 Å². The van der Waals surface area contributed by atoms with Gasteiger partial charge in [-0.3, -0.25) is 0 Å². The van der Waals surface area contributed by atoms with Crippen LogP contribution < -0.4 is 10.6 Å². The lowest BCUT2D eigenvalue weighted by Crippen LogP contribution is -2.30. The molecule has 2 heterocycles. The van der Waals surface area contributed by atoms with Crippen molar-refractivity contribution in [1.29, 1.82) is 0 Å². The molecule has 1 aromatic carbocycles. The molecule has 150 valence electrons. The summed E-state index contributed by atoms with van der Waals surface area (Å²) in [6.07, 6.45) is 1.76. The number of nitrogens with zero attached hydrogens (tertiary/aromatic N) is 4. The molecule has 0 fully saturated rings. The number of benzene rings is 1. The number of anilines is 3. The van der Waals surface area contributed by atoms with Crippen LogP contribution in [0.2, 0.25) is 0 Å². The van der Waals surface area contributed by atoms with Gasteiger partial charge in [0.2, 0.25) is 5.95 Å². The van der Waals surface area contributed by atoms with Crippen LogP contribution in [-0.2, 0) is 0 Å². The maximum Gasteiger partial charge on any atom is 0.227 e. The number of aliphatic hydroxyl groups excluding tert-OH is 1. The maximum absolute atomic E-state index is 9.77. The molecular formula is C20H28N6O2. The van der Waals surface area contributed by atoms with Gasteiger partial charge in [0.15, 0.2) is 17.0 Å². The zero-order chi connectivity index (χ0) is 20.4. The minimum atomic E-state index is -0.156. The van der Waals surface area contributed by atoms with E-state index in [1.807, 2.05) is 31.4 Å². The van der Waals surface area contributed by atoms with Crippen LogP contribution in [0.1, 0.15) is 39.3 Å². The Labute approximate surface area is 164 Å². The van der Waals surface area contributed by atoms with E-state index in [0.717, 1.165) is 11.3 Å². The van der Waals surface area contributed by atoms with Gasteiger partial charge in [-0.05, 0) is 50.5 Å². The van der Waals surface area contributed by atoms with Gasteiger partial charge in [0.05, 0.1) is 19.0 Å². The zero-order valence-corrected chi connectivity index (χ0v) is 16.9. The van der Waals surface area contributed by atoms with Crippen LogP contribution >= 0.6 is 0 Å². The Bertz CT molecular complexity index is 967. The van der Waals surface area contributed by atoms with Crippen molar-refractivity contribution < 1.29 is 10.2 Å². The SMILES string of the molecule is Cc1cc(Nc2nc(N[C@@H](CO)C(C)C)nc3c2ncn3C(C)C)ccc1O.